The van der Waals surface area contributed by atoms with Crippen molar-refractivity contribution in [2.45, 2.75) is 19.8 Å². The first-order chi connectivity index (χ1) is 6.81. The van der Waals surface area contributed by atoms with Gasteiger partial charge in [0.2, 0.25) is 0 Å². The molecule has 1 rings (SSSR count). The lowest BCUT2D eigenvalue weighted by Gasteiger charge is -2.02. The summed E-state index contributed by atoms with van der Waals surface area (Å²) in [6, 6.07) is 4.12. The van der Waals surface area contributed by atoms with Crippen molar-refractivity contribution in [3.05, 3.63) is 42.2 Å². The van der Waals surface area contributed by atoms with Crippen LogP contribution in [-0.4, -0.2) is 17.7 Å². The van der Waals surface area contributed by atoms with Crippen LogP contribution in [0.3, 0.4) is 0 Å². The standard InChI is InChI=1S/C12H16N2/c1-4-6-10-7-8-14-12(9-10)11(5-2)13-3/h5,7-9H,2,4,6H2,1,3H3. The summed E-state index contributed by atoms with van der Waals surface area (Å²) in [5, 5.41) is 0. The molecule has 0 amide bonds. The third-order valence-electron chi connectivity index (χ3n) is 2.06. The highest BCUT2D eigenvalue weighted by molar-refractivity contribution is 6.06. The average molecular weight is 188 g/mol. The average Bonchev–Trinajstić information content (AvgIpc) is 2.21. The van der Waals surface area contributed by atoms with E-state index >= 15 is 0 Å². The second-order valence-corrected chi connectivity index (χ2v) is 3.11. The van der Waals surface area contributed by atoms with E-state index in [2.05, 4.69) is 29.5 Å². The van der Waals surface area contributed by atoms with Gasteiger partial charge in [0.1, 0.15) is 0 Å². The minimum Gasteiger partial charge on any atom is -0.286 e. The van der Waals surface area contributed by atoms with E-state index in [-0.39, 0.29) is 0 Å². The number of nitrogens with zero attached hydrogens (tertiary/aromatic N) is 2. The fourth-order valence-electron chi connectivity index (χ4n) is 1.37. The molecule has 0 aliphatic heterocycles. The Labute approximate surface area is 85.4 Å². The van der Waals surface area contributed by atoms with Gasteiger partial charge in [-0.1, -0.05) is 19.9 Å². The van der Waals surface area contributed by atoms with Crippen LogP contribution in [0.4, 0.5) is 0 Å². The van der Waals surface area contributed by atoms with Crippen molar-refractivity contribution in [1.29, 1.82) is 0 Å². The molecule has 2 nitrogen and oxygen atoms in total. The van der Waals surface area contributed by atoms with Crippen LogP contribution in [-0.2, 0) is 6.42 Å². The normalized spacial score (nSPS) is 11.4. The lowest BCUT2D eigenvalue weighted by Crippen LogP contribution is -2.00. The summed E-state index contributed by atoms with van der Waals surface area (Å²) in [6.45, 7) is 5.88. The van der Waals surface area contributed by atoms with E-state index in [9.17, 15) is 0 Å². The maximum atomic E-state index is 4.26. The number of allylic oxidation sites excluding steroid dienone is 1. The summed E-state index contributed by atoms with van der Waals surface area (Å²) in [7, 11) is 1.76. The minimum absolute atomic E-state index is 0.850. The third kappa shape index (κ3) is 2.52. The van der Waals surface area contributed by atoms with Gasteiger partial charge in [0.15, 0.2) is 0 Å². The first kappa shape index (κ1) is 10.6. The SMILES string of the molecule is C=CC(=NC)c1cc(CCC)ccn1. The molecule has 0 spiro atoms. The van der Waals surface area contributed by atoms with E-state index < -0.39 is 0 Å². The van der Waals surface area contributed by atoms with Gasteiger partial charge in [0.25, 0.3) is 0 Å². The van der Waals surface area contributed by atoms with Gasteiger partial charge in [0.05, 0.1) is 11.4 Å². The van der Waals surface area contributed by atoms with Crippen LogP contribution in [0.1, 0.15) is 24.6 Å². The molecule has 0 bridgehead atoms. The highest BCUT2D eigenvalue weighted by Gasteiger charge is 2.00. The molecule has 0 atom stereocenters. The van der Waals surface area contributed by atoms with E-state index in [0.717, 1.165) is 24.2 Å². The molecular weight excluding hydrogens is 172 g/mol. The lowest BCUT2D eigenvalue weighted by atomic mass is 10.1. The third-order valence-corrected chi connectivity index (χ3v) is 2.06. The summed E-state index contributed by atoms with van der Waals surface area (Å²) in [5.74, 6) is 0. The molecular formula is C12H16N2. The molecule has 1 heterocycles. The Morgan fingerprint density at radius 1 is 1.64 bits per heavy atom. The van der Waals surface area contributed by atoms with Gasteiger partial charge in [-0.25, -0.2) is 0 Å². The van der Waals surface area contributed by atoms with E-state index in [4.69, 9.17) is 0 Å². The summed E-state index contributed by atoms with van der Waals surface area (Å²) in [6.07, 6.45) is 5.80. The highest BCUT2D eigenvalue weighted by Crippen LogP contribution is 2.06. The maximum Gasteiger partial charge on any atom is 0.0883 e. The molecule has 0 unspecified atom stereocenters. The monoisotopic (exact) mass is 188 g/mol. The van der Waals surface area contributed by atoms with Crippen LogP contribution >= 0.6 is 0 Å². The molecule has 1 aromatic rings. The molecule has 0 saturated carbocycles. The Bertz CT molecular complexity index is 340. The van der Waals surface area contributed by atoms with Crippen LogP contribution in [0.5, 0.6) is 0 Å². The Hall–Kier alpha value is -1.44. The molecule has 0 aliphatic rings. The Morgan fingerprint density at radius 3 is 3.00 bits per heavy atom. The fraction of sp³-hybridized carbons (Fsp3) is 0.333. The summed E-state index contributed by atoms with van der Waals surface area (Å²) >= 11 is 0. The molecule has 74 valence electrons. The highest BCUT2D eigenvalue weighted by atomic mass is 14.8. The number of pyridine rings is 1. The predicted octanol–water partition coefficient (Wildman–Crippen LogP) is 2.64. The second kappa shape index (κ2) is 5.32. The van der Waals surface area contributed by atoms with E-state index in [0.29, 0.717) is 0 Å². The van der Waals surface area contributed by atoms with Crippen LogP contribution in [0, 0.1) is 0 Å². The van der Waals surface area contributed by atoms with Gasteiger partial charge >= 0.3 is 0 Å². The second-order valence-electron chi connectivity index (χ2n) is 3.11. The smallest absolute Gasteiger partial charge is 0.0883 e. The molecule has 0 N–H and O–H groups in total. The number of hydrogen-bond acceptors (Lipinski definition) is 2. The number of aliphatic imine (C=N–C) groups is 1. The number of rotatable bonds is 4. The van der Waals surface area contributed by atoms with Crippen molar-refractivity contribution in [2.24, 2.45) is 4.99 Å². The van der Waals surface area contributed by atoms with Gasteiger partial charge in [-0.2, -0.15) is 0 Å². The Morgan fingerprint density at radius 2 is 2.43 bits per heavy atom. The van der Waals surface area contributed by atoms with Crippen molar-refractivity contribution in [3.8, 4) is 0 Å². The van der Waals surface area contributed by atoms with E-state index in [1.54, 1.807) is 13.1 Å². The zero-order chi connectivity index (χ0) is 10.4. The van der Waals surface area contributed by atoms with Crippen LogP contribution in [0.2, 0.25) is 0 Å². The minimum atomic E-state index is 0.850. The number of hydrogen-bond donors (Lipinski definition) is 0. The van der Waals surface area contributed by atoms with E-state index in [1.807, 2.05) is 12.3 Å². The molecule has 2 heteroatoms. The van der Waals surface area contributed by atoms with E-state index in [1.165, 1.54) is 5.56 Å². The van der Waals surface area contributed by atoms with Crippen molar-refractivity contribution >= 4 is 5.71 Å². The van der Waals surface area contributed by atoms with Gasteiger partial charge in [0, 0.05) is 13.2 Å². The number of aryl methyl sites for hydroxylation is 1. The lowest BCUT2D eigenvalue weighted by molar-refractivity contribution is 0.917. The topological polar surface area (TPSA) is 25.2 Å². The largest absolute Gasteiger partial charge is 0.286 e. The molecule has 0 aromatic carbocycles. The molecule has 0 fully saturated rings. The van der Waals surface area contributed by atoms with Crippen molar-refractivity contribution in [1.82, 2.24) is 4.98 Å². The molecule has 14 heavy (non-hydrogen) atoms. The molecule has 0 aliphatic carbocycles. The summed E-state index contributed by atoms with van der Waals surface area (Å²) in [4.78, 5) is 8.38. The van der Waals surface area contributed by atoms with Crippen molar-refractivity contribution in [3.63, 3.8) is 0 Å². The van der Waals surface area contributed by atoms with Gasteiger partial charge in [-0.15, -0.1) is 0 Å². The van der Waals surface area contributed by atoms with Crippen LogP contribution < -0.4 is 0 Å². The van der Waals surface area contributed by atoms with Crippen molar-refractivity contribution < 1.29 is 0 Å². The zero-order valence-corrected chi connectivity index (χ0v) is 8.83. The van der Waals surface area contributed by atoms with Crippen LogP contribution in [0.25, 0.3) is 0 Å². The first-order valence-corrected chi connectivity index (χ1v) is 4.86. The Kier molecular flexibility index (Phi) is 4.05. The quantitative estimate of drug-likeness (QED) is 0.667. The van der Waals surface area contributed by atoms with Gasteiger partial charge in [-0.05, 0) is 30.2 Å². The summed E-state index contributed by atoms with van der Waals surface area (Å²) in [5.41, 5.74) is 3.07. The summed E-state index contributed by atoms with van der Waals surface area (Å²) < 4.78 is 0. The van der Waals surface area contributed by atoms with Gasteiger partial charge < -0.3 is 0 Å². The molecule has 0 radical (unpaired) electrons. The zero-order valence-electron chi connectivity index (χ0n) is 8.83. The fourth-order valence-corrected chi connectivity index (χ4v) is 1.37. The first-order valence-electron chi connectivity index (χ1n) is 4.86. The maximum absolute atomic E-state index is 4.26. The molecule has 1 aromatic heterocycles. The Balaban J connectivity index is 2.98. The molecule has 0 saturated heterocycles. The van der Waals surface area contributed by atoms with Crippen molar-refractivity contribution in [2.75, 3.05) is 7.05 Å². The van der Waals surface area contributed by atoms with Crippen LogP contribution in [0.15, 0.2) is 36.0 Å². The predicted molar refractivity (Wildman–Crippen MR) is 60.9 cm³/mol. The van der Waals surface area contributed by atoms with Gasteiger partial charge in [-0.3, -0.25) is 9.98 Å². The number of aromatic nitrogens is 1.